The van der Waals surface area contributed by atoms with Crippen LogP contribution in [-0.4, -0.2) is 15.1 Å². The number of nitrogens with one attached hydrogen (secondary N) is 3. The average molecular weight is 287 g/mol. The van der Waals surface area contributed by atoms with E-state index in [9.17, 15) is 14.3 Å². The lowest BCUT2D eigenvalue weighted by Gasteiger charge is -2.17. The van der Waals surface area contributed by atoms with Gasteiger partial charge < -0.3 is 20.4 Å². The molecule has 2 aromatic carbocycles. The number of anilines is 1. The van der Waals surface area contributed by atoms with Crippen molar-refractivity contribution in [1.29, 1.82) is 0 Å². The van der Waals surface area contributed by atoms with Gasteiger partial charge in [-0.3, -0.25) is 0 Å². The van der Waals surface area contributed by atoms with E-state index in [-0.39, 0.29) is 17.5 Å². The van der Waals surface area contributed by atoms with Crippen LogP contribution in [-0.2, 0) is 0 Å². The number of aromatic nitrogens is 2. The number of halogens is 1. The van der Waals surface area contributed by atoms with Crippen LogP contribution in [0, 0.1) is 5.82 Å². The van der Waals surface area contributed by atoms with Gasteiger partial charge in [-0.2, -0.15) is 0 Å². The van der Waals surface area contributed by atoms with Crippen LogP contribution in [0.2, 0.25) is 0 Å². The Balaban J connectivity index is 1.88. The smallest absolute Gasteiger partial charge is 0.323 e. The Bertz CT molecular complexity index is 853. The maximum Gasteiger partial charge on any atom is 0.323 e. The number of phenols is 1. The van der Waals surface area contributed by atoms with Crippen LogP contribution in [0.3, 0.4) is 0 Å². The number of hydrogen-bond acceptors (Lipinski definition) is 3. The first kappa shape index (κ1) is 13.2. The minimum absolute atomic E-state index is 0.0915. The summed E-state index contributed by atoms with van der Waals surface area (Å²) in [5.74, 6) is -0.569. The minimum Gasteiger partial charge on any atom is -0.507 e. The average Bonchev–Trinajstić information content (AvgIpc) is 2.77. The summed E-state index contributed by atoms with van der Waals surface area (Å²) in [6.07, 6.45) is 0. The van der Waals surface area contributed by atoms with Crippen LogP contribution < -0.4 is 11.0 Å². The second kappa shape index (κ2) is 4.97. The summed E-state index contributed by atoms with van der Waals surface area (Å²) in [6.45, 7) is 1.86. The van der Waals surface area contributed by atoms with Gasteiger partial charge in [0, 0.05) is 17.3 Å². The normalized spacial score (nSPS) is 12.5. The summed E-state index contributed by atoms with van der Waals surface area (Å²) in [5.41, 5.74) is 2.54. The number of aromatic amines is 2. The molecular weight excluding hydrogens is 273 g/mol. The number of hydrogen-bond donors (Lipinski definition) is 4. The minimum atomic E-state index is -0.477. The van der Waals surface area contributed by atoms with E-state index < -0.39 is 5.82 Å². The van der Waals surface area contributed by atoms with E-state index in [2.05, 4.69) is 15.3 Å². The summed E-state index contributed by atoms with van der Waals surface area (Å²) >= 11 is 0. The second-order valence-corrected chi connectivity index (χ2v) is 4.91. The molecule has 0 aliphatic carbocycles. The number of phenolic OH excluding ortho intramolecular Hbond substituents is 1. The third-order valence-corrected chi connectivity index (χ3v) is 3.36. The standard InChI is InChI=1S/C15H14FN3O2/c1-8(11-4-2-9(16)6-14(11)20)17-10-3-5-12-13(7-10)19-15(21)18-12/h2-8,17,20H,1H3,(H2,18,19,21). The molecule has 1 atom stereocenters. The Morgan fingerprint density at radius 3 is 2.67 bits per heavy atom. The van der Waals surface area contributed by atoms with Crippen molar-refractivity contribution >= 4 is 16.7 Å². The van der Waals surface area contributed by atoms with Crippen molar-refractivity contribution in [1.82, 2.24) is 9.97 Å². The molecule has 0 saturated heterocycles. The van der Waals surface area contributed by atoms with Crippen molar-refractivity contribution in [2.75, 3.05) is 5.32 Å². The van der Waals surface area contributed by atoms with Crippen molar-refractivity contribution in [3.8, 4) is 5.75 Å². The molecular formula is C15H14FN3O2. The van der Waals surface area contributed by atoms with Crippen LogP contribution in [0.4, 0.5) is 10.1 Å². The highest BCUT2D eigenvalue weighted by Gasteiger charge is 2.11. The summed E-state index contributed by atoms with van der Waals surface area (Å²) in [4.78, 5) is 16.6. The van der Waals surface area contributed by atoms with Gasteiger partial charge in [0.15, 0.2) is 0 Å². The van der Waals surface area contributed by atoms with Gasteiger partial charge in [-0.15, -0.1) is 0 Å². The third kappa shape index (κ3) is 2.60. The van der Waals surface area contributed by atoms with Crippen LogP contribution in [0.25, 0.3) is 11.0 Å². The molecule has 5 nitrogen and oxygen atoms in total. The summed E-state index contributed by atoms with van der Waals surface area (Å²) < 4.78 is 13.0. The van der Waals surface area contributed by atoms with Crippen molar-refractivity contribution in [2.45, 2.75) is 13.0 Å². The summed E-state index contributed by atoms with van der Waals surface area (Å²) in [7, 11) is 0. The first-order valence-corrected chi connectivity index (χ1v) is 6.50. The third-order valence-electron chi connectivity index (χ3n) is 3.36. The zero-order chi connectivity index (χ0) is 15.0. The second-order valence-electron chi connectivity index (χ2n) is 4.91. The van der Waals surface area contributed by atoms with Gasteiger partial charge in [-0.25, -0.2) is 9.18 Å². The molecule has 108 valence electrons. The molecule has 0 spiro atoms. The fourth-order valence-electron chi connectivity index (χ4n) is 2.33. The molecule has 0 aliphatic rings. The fraction of sp³-hybridized carbons (Fsp3) is 0.133. The maximum atomic E-state index is 13.0. The monoisotopic (exact) mass is 287 g/mol. The molecule has 21 heavy (non-hydrogen) atoms. The van der Waals surface area contributed by atoms with E-state index in [1.54, 1.807) is 18.2 Å². The first-order chi connectivity index (χ1) is 10.0. The highest BCUT2D eigenvalue weighted by Crippen LogP contribution is 2.28. The van der Waals surface area contributed by atoms with Gasteiger partial charge in [0.25, 0.3) is 0 Å². The molecule has 0 fully saturated rings. The van der Waals surface area contributed by atoms with Crippen LogP contribution in [0.1, 0.15) is 18.5 Å². The highest BCUT2D eigenvalue weighted by molar-refractivity contribution is 5.78. The number of imidazole rings is 1. The number of fused-ring (bicyclic) bond motifs is 1. The lowest BCUT2D eigenvalue weighted by molar-refractivity contribution is 0.459. The van der Waals surface area contributed by atoms with Gasteiger partial charge >= 0.3 is 5.69 Å². The summed E-state index contributed by atoms with van der Waals surface area (Å²) in [6, 6.07) is 9.12. The molecule has 6 heteroatoms. The molecule has 0 amide bonds. The van der Waals surface area contributed by atoms with E-state index in [1.165, 1.54) is 6.07 Å². The molecule has 0 bridgehead atoms. The van der Waals surface area contributed by atoms with Crippen LogP contribution in [0.5, 0.6) is 5.75 Å². The Kier molecular flexibility index (Phi) is 3.13. The lowest BCUT2D eigenvalue weighted by Crippen LogP contribution is -2.07. The summed E-state index contributed by atoms with van der Waals surface area (Å²) in [5, 5.41) is 13.0. The molecule has 1 unspecified atom stereocenters. The molecule has 1 aromatic heterocycles. The maximum absolute atomic E-state index is 13.0. The van der Waals surface area contributed by atoms with Gasteiger partial charge in [-0.1, -0.05) is 6.07 Å². The Hall–Kier alpha value is -2.76. The zero-order valence-electron chi connectivity index (χ0n) is 11.3. The lowest BCUT2D eigenvalue weighted by atomic mass is 10.1. The van der Waals surface area contributed by atoms with Crippen molar-refractivity contribution in [3.05, 3.63) is 58.3 Å². The molecule has 0 aliphatic heterocycles. The predicted molar refractivity (Wildman–Crippen MR) is 79.0 cm³/mol. The molecule has 0 saturated carbocycles. The van der Waals surface area contributed by atoms with Gasteiger partial charge in [-0.05, 0) is 31.2 Å². The van der Waals surface area contributed by atoms with Crippen LogP contribution >= 0.6 is 0 Å². The van der Waals surface area contributed by atoms with Crippen LogP contribution in [0.15, 0.2) is 41.2 Å². The van der Waals surface area contributed by atoms with Gasteiger partial charge in [0.2, 0.25) is 0 Å². The predicted octanol–water partition coefficient (Wildman–Crippen LogP) is 2.87. The van der Waals surface area contributed by atoms with E-state index in [4.69, 9.17) is 0 Å². The Morgan fingerprint density at radius 1 is 1.14 bits per heavy atom. The number of H-pyrrole nitrogens is 2. The molecule has 1 heterocycles. The quantitative estimate of drug-likeness (QED) is 0.598. The topological polar surface area (TPSA) is 80.9 Å². The molecule has 3 aromatic rings. The van der Waals surface area contributed by atoms with E-state index in [0.29, 0.717) is 11.1 Å². The number of rotatable bonds is 3. The molecule has 4 N–H and O–H groups in total. The number of benzene rings is 2. The van der Waals surface area contributed by atoms with Crippen molar-refractivity contribution in [3.63, 3.8) is 0 Å². The highest BCUT2D eigenvalue weighted by atomic mass is 19.1. The SMILES string of the molecule is CC(Nc1ccc2[nH]c(=O)[nH]c2c1)c1ccc(F)cc1O. The Labute approximate surface area is 119 Å². The van der Waals surface area contributed by atoms with Crippen molar-refractivity contribution < 1.29 is 9.50 Å². The van der Waals surface area contributed by atoms with Gasteiger partial charge in [0.1, 0.15) is 11.6 Å². The largest absolute Gasteiger partial charge is 0.507 e. The van der Waals surface area contributed by atoms with Crippen molar-refractivity contribution in [2.24, 2.45) is 0 Å². The number of aromatic hydroxyl groups is 1. The van der Waals surface area contributed by atoms with E-state index in [1.807, 2.05) is 13.0 Å². The fourth-order valence-corrected chi connectivity index (χ4v) is 2.33. The van der Waals surface area contributed by atoms with Gasteiger partial charge in [0.05, 0.1) is 17.1 Å². The molecule has 0 radical (unpaired) electrons. The molecule has 3 rings (SSSR count). The van der Waals surface area contributed by atoms with E-state index in [0.717, 1.165) is 17.3 Å². The zero-order valence-corrected chi connectivity index (χ0v) is 11.3. The Morgan fingerprint density at radius 2 is 1.90 bits per heavy atom. The first-order valence-electron chi connectivity index (χ1n) is 6.50. The van der Waals surface area contributed by atoms with E-state index >= 15 is 0 Å².